The second-order valence-corrected chi connectivity index (χ2v) is 2.51. The topological polar surface area (TPSA) is 51.6 Å². The Hall–Kier alpha value is -0.970. The molecule has 0 saturated heterocycles. The summed E-state index contributed by atoms with van der Waals surface area (Å²) in [5.41, 5.74) is 1.34. The number of hydrogen-bond donors (Lipinski definition) is 1. The molecule has 1 heterocycles. The van der Waals surface area contributed by atoms with E-state index in [1.54, 1.807) is 18.3 Å². The van der Waals surface area contributed by atoms with Gasteiger partial charge >= 0.3 is 0 Å². The third-order valence-electron chi connectivity index (χ3n) is 1.75. The number of ether oxygens (including phenoxy) is 2. The average Bonchev–Trinajstić information content (AvgIpc) is 2.20. The first kappa shape index (κ1) is 10.1. The Morgan fingerprint density at radius 3 is 2.69 bits per heavy atom. The van der Waals surface area contributed by atoms with Crippen molar-refractivity contribution >= 4 is 0 Å². The van der Waals surface area contributed by atoms with Gasteiger partial charge in [-0.25, -0.2) is 0 Å². The van der Waals surface area contributed by atoms with E-state index in [0.29, 0.717) is 5.69 Å². The monoisotopic (exact) mass is 183 g/mol. The van der Waals surface area contributed by atoms with E-state index in [1.165, 1.54) is 14.2 Å². The first-order valence-electron chi connectivity index (χ1n) is 3.93. The maximum atomic E-state index is 9.01. The SMILES string of the molecule is COC(OC)c1ncccc1CO. The van der Waals surface area contributed by atoms with Gasteiger partial charge in [0.2, 0.25) is 6.29 Å². The summed E-state index contributed by atoms with van der Waals surface area (Å²) in [5, 5.41) is 9.01. The zero-order valence-corrected chi connectivity index (χ0v) is 7.73. The maximum absolute atomic E-state index is 9.01. The smallest absolute Gasteiger partial charge is 0.200 e. The number of nitrogens with zero attached hydrogens (tertiary/aromatic N) is 1. The fourth-order valence-electron chi connectivity index (χ4n) is 1.12. The van der Waals surface area contributed by atoms with Crippen LogP contribution in [-0.2, 0) is 16.1 Å². The van der Waals surface area contributed by atoms with Gasteiger partial charge in [-0.05, 0) is 6.07 Å². The zero-order valence-electron chi connectivity index (χ0n) is 7.73. The molecule has 4 heteroatoms. The van der Waals surface area contributed by atoms with Gasteiger partial charge in [0.15, 0.2) is 0 Å². The predicted octanol–water partition coefficient (Wildman–Crippen LogP) is 0.865. The van der Waals surface area contributed by atoms with Crippen LogP contribution >= 0.6 is 0 Å². The van der Waals surface area contributed by atoms with E-state index < -0.39 is 6.29 Å². The molecule has 4 nitrogen and oxygen atoms in total. The molecule has 0 fully saturated rings. The van der Waals surface area contributed by atoms with Crippen molar-refractivity contribution in [2.45, 2.75) is 12.9 Å². The molecule has 1 N–H and O–H groups in total. The lowest BCUT2D eigenvalue weighted by atomic mass is 10.2. The number of aliphatic hydroxyl groups excluding tert-OH is 1. The first-order chi connectivity index (χ1) is 6.33. The third-order valence-corrected chi connectivity index (χ3v) is 1.75. The van der Waals surface area contributed by atoms with Gasteiger partial charge in [-0.1, -0.05) is 6.07 Å². The molecule has 0 aliphatic carbocycles. The highest BCUT2D eigenvalue weighted by atomic mass is 16.7. The van der Waals surface area contributed by atoms with Crippen molar-refractivity contribution in [1.29, 1.82) is 0 Å². The number of hydrogen-bond acceptors (Lipinski definition) is 4. The second kappa shape index (κ2) is 4.91. The lowest BCUT2D eigenvalue weighted by molar-refractivity contribution is -0.109. The predicted molar refractivity (Wildman–Crippen MR) is 46.9 cm³/mol. The lowest BCUT2D eigenvalue weighted by Gasteiger charge is -2.14. The van der Waals surface area contributed by atoms with Crippen molar-refractivity contribution in [2.24, 2.45) is 0 Å². The van der Waals surface area contributed by atoms with Gasteiger partial charge in [-0.2, -0.15) is 0 Å². The van der Waals surface area contributed by atoms with E-state index >= 15 is 0 Å². The minimum absolute atomic E-state index is 0.0631. The Kier molecular flexibility index (Phi) is 3.82. The standard InChI is InChI=1S/C9H13NO3/c1-12-9(13-2)8-7(6-11)4-3-5-10-8/h3-5,9,11H,6H2,1-2H3. The Labute approximate surface area is 77.1 Å². The molecule has 0 unspecified atom stereocenters. The Balaban J connectivity index is 2.96. The van der Waals surface area contributed by atoms with Crippen LogP contribution in [0, 0.1) is 0 Å². The molecule has 0 aliphatic rings. The minimum Gasteiger partial charge on any atom is -0.392 e. The summed E-state index contributed by atoms with van der Waals surface area (Å²) in [4.78, 5) is 4.08. The van der Waals surface area contributed by atoms with Crippen LogP contribution in [0.1, 0.15) is 17.5 Å². The number of aliphatic hydroxyl groups is 1. The summed E-state index contributed by atoms with van der Waals surface area (Å²) in [7, 11) is 3.06. The molecule has 0 amide bonds. The second-order valence-electron chi connectivity index (χ2n) is 2.51. The van der Waals surface area contributed by atoms with Crippen molar-refractivity contribution in [2.75, 3.05) is 14.2 Å². The van der Waals surface area contributed by atoms with Gasteiger partial charge < -0.3 is 14.6 Å². The molecule has 0 spiro atoms. The van der Waals surface area contributed by atoms with Crippen LogP contribution in [0.4, 0.5) is 0 Å². The molecule has 1 rings (SSSR count). The van der Waals surface area contributed by atoms with Crippen LogP contribution in [0.5, 0.6) is 0 Å². The van der Waals surface area contributed by atoms with Gasteiger partial charge in [0.05, 0.1) is 6.61 Å². The highest BCUT2D eigenvalue weighted by Crippen LogP contribution is 2.18. The Morgan fingerprint density at radius 2 is 2.15 bits per heavy atom. The molecule has 13 heavy (non-hydrogen) atoms. The summed E-state index contributed by atoms with van der Waals surface area (Å²) >= 11 is 0. The number of methoxy groups -OCH3 is 2. The molecular weight excluding hydrogens is 170 g/mol. The fraction of sp³-hybridized carbons (Fsp3) is 0.444. The van der Waals surface area contributed by atoms with Crippen molar-refractivity contribution in [1.82, 2.24) is 4.98 Å². The summed E-state index contributed by atoms with van der Waals surface area (Å²) in [6.07, 6.45) is 1.13. The summed E-state index contributed by atoms with van der Waals surface area (Å²) < 4.78 is 10.1. The van der Waals surface area contributed by atoms with Crippen LogP contribution in [0.3, 0.4) is 0 Å². The van der Waals surface area contributed by atoms with Crippen molar-refractivity contribution < 1.29 is 14.6 Å². The van der Waals surface area contributed by atoms with E-state index in [-0.39, 0.29) is 6.61 Å². The molecule has 0 bridgehead atoms. The molecule has 72 valence electrons. The first-order valence-corrected chi connectivity index (χ1v) is 3.93. The van der Waals surface area contributed by atoms with Crippen LogP contribution < -0.4 is 0 Å². The Morgan fingerprint density at radius 1 is 1.46 bits per heavy atom. The molecule has 0 aromatic carbocycles. The number of aromatic nitrogens is 1. The van der Waals surface area contributed by atoms with E-state index in [4.69, 9.17) is 14.6 Å². The van der Waals surface area contributed by atoms with Crippen LogP contribution in [0.2, 0.25) is 0 Å². The third kappa shape index (κ3) is 2.24. The molecule has 1 aromatic rings. The highest BCUT2D eigenvalue weighted by Gasteiger charge is 2.13. The summed E-state index contributed by atoms with van der Waals surface area (Å²) in [6, 6.07) is 3.55. The summed E-state index contributed by atoms with van der Waals surface area (Å²) in [5.74, 6) is 0. The van der Waals surface area contributed by atoms with E-state index in [0.717, 1.165) is 5.56 Å². The highest BCUT2D eigenvalue weighted by molar-refractivity contribution is 5.19. The van der Waals surface area contributed by atoms with Gasteiger partial charge in [0.1, 0.15) is 5.69 Å². The van der Waals surface area contributed by atoms with Crippen LogP contribution in [0.25, 0.3) is 0 Å². The van der Waals surface area contributed by atoms with E-state index in [2.05, 4.69) is 4.98 Å². The van der Waals surface area contributed by atoms with E-state index in [9.17, 15) is 0 Å². The van der Waals surface area contributed by atoms with Gasteiger partial charge in [-0.15, -0.1) is 0 Å². The summed E-state index contributed by atoms with van der Waals surface area (Å²) in [6.45, 7) is -0.0631. The van der Waals surface area contributed by atoms with Gasteiger partial charge in [-0.3, -0.25) is 4.98 Å². The Bertz CT molecular complexity index is 261. The van der Waals surface area contributed by atoms with Crippen molar-refractivity contribution in [3.05, 3.63) is 29.6 Å². The fourth-order valence-corrected chi connectivity index (χ4v) is 1.12. The quantitative estimate of drug-likeness (QED) is 0.703. The van der Waals surface area contributed by atoms with Crippen LogP contribution in [0.15, 0.2) is 18.3 Å². The van der Waals surface area contributed by atoms with Crippen molar-refractivity contribution in [3.8, 4) is 0 Å². The molecule has 0 atom stereocenters. The maximum Gasteiger partial charge on any atom is 0.200 e. The number of rotatable bonds is 4. The lowest BCUT2D eigenvalue weighted by Crippen LogP contribution is -2.09. The zero-order chi connectivity index (χ0) is 9.68. The normalized spacial score (nSPS) is 10.8. The molecule has 1 aromatic heterocycles. The minimum atomic E-state index is -0.511. The van der Waals surface area contributed by atoms with Gasteiger partial charge in [0, 0.05) is 26.0 Å². The van der Waals surface area contributed by atoms with Crippen LogP contribution in [-0.4, -0.2) is 24.3 Å². The molecule has 0 saturated carbocycles. The molecule has 0 aliphatic heterocycles. The molecular formula is C9H13NO3. The van der Waals surface area contributed by atoms with Crippen molar-refractivity contribution in [3.63, 3.8) is 0 Å². The average molecular weight is 183 g/mol. The molecule has 0 radical (unpaired) electrons. The van der Waals surface area contributed by atoms with Gasteiger partial charge in [0.25, 0.3) is 0 Å². The number of pyridine rings is 1. The largest absolute Gasteiger partial charge is 0.392 e. The van der Waals surface area contributed by atoms with E-state index in [1.807, 2.05) is 0 Å².